The van der Waals surface area contributed by atoms with E-state index in [4.69, 9.17) is 0 Å². The van der Waals surface area contributed by atoms with Crippen LogP contribution in [0.15, 0.2) is 54.6 Å². The molecule has 1 aliphatic carbocycles. The highest BCUT2D eigenvalue weighted by Gasteiger charge is 2.48. The molecule has 0 radical (unpaired) electrons. The van der Waals surface area contributed by atoms with E-state index < -0.39 is 13.3 Å². The molecule has 0 fully saturated rings. The van der Waals surface area contributed by atoms with Crippen molar-refractivity contribution in [2.45, 2.75) is 37.2 Å². The molecule has 0 heterocycles. The summed E-state index contributed by atoms with van der Waals surface area (Å²) in [7, 11) is -1.71. The summed E-state index contributed by atoms with van der Waals surface area (Å²) in [4.78, 5) is 0. The Kier molecular flexibility index (Phi) is 3.11. The number of hydrogen-bond acceptors (Lipinski definition) is 1. The quantitative estimate of drug-likeness (QED) is 0.635. The predicted octanol–water partition coefficient (Wildman–Crippen LogP) is 4.49. The third-order valence-electron chi connectivity index (χ3n) is 4.68. The molecule has 2 heteroatoms. The van der Waals surface area contributed by atoms with E-state index in [1.807, 2.05) is 0 Å². The summed E-state index contributed by atoms with van der Waals surface area (Å²) in [6, 6.07) is 14.9. The molecule has 0 saturated carbocycles. The molecule has 2 aromatic rings. The normalized spacial score (nSPS) is 26.3. The maximum absolute atomic E-state index is 11.3. The van der Waals surface area contributed by atoms with Crippen molar-refractivity contribution >= 4 is 18.8 Å². The molecule has 2 aromatic carbocycles. The van der Waals surface area contributed by atoms with Crippen molar-refractivity contribution in [3.05, 3.63) is 60.2 Å². The van der Waals surface area contributed by atoms with Crippen LogP contribution in [0.25, 0.3) is 10.8 Å². The predicted molar refractivity (Wildman–Crippen MR) is 88.7 cm³/mol. The Bertz CT molecular complexity index is 663. The van der Waals surface area contributed by atoms with Gasteiger partial charge >= 0.3 is 0 Å². The van der Waals surface area contributed by atoms with E-state index in [-0.39, 0.29) is 5.92 Å². The molecule has 104 valence electrons. The molecule has 20 heavy (non-hydrogen) atoms. The zero-order valence-corrected chi connectivity index (χ0v) is 13.4. The van der Waals surface area contributed by atoms with Crippen molar-refractivity contribution in [1.82, 2.24) is 0 Å². The van der Waals surface area contributed by atoms with E-state index in [1.54, 1.807) is 0 Å². The summed E-state index contributed by atoms with van der Waals surface area (Å²) >= 11 is 0. The molecule has 1 nitrogen and oxygen atoms in total. The van der Waals surface area contributed by atoms with Gasteiger partial charge < -0.3 is 5.11 Å². The van der Waals surface area contributed by atoms with Crippen LogP contribution < -0.4 is 0 Å². The van der Waals surface area contributed by atoms with Crippen molar-refractivity contribution in [2.24, 2.45) is 0 Å². The zero-order chi connectivity index (χ0) is 14.4. The topological polar surface area (TPSA) is 20.2 Å². The van der Waals surface area contributed by atoms with Crippen LogP contribution in [0.3, 0.4) is 0 Å². The van der Waals surface area contributed by atoms with Gasteiger partial charge in [0.05, 0.1) is 13.3 Å². The third-order valence-corrected chi connectivity index (χ3v) is 7.59. The van der Waals surface area contributed by atoms with E-state index in [0.29, 0.717) is 0 Å². The van der Waals surface area contributed by atoms with Crippen molar-refractivity contribution in [3.8, 4) is 0 Å². The zero-order valence-electron chi connectivity index (χ0n) is 12.4. The van der Waals surface area contributed by atoms with Gasteiger partial charge in [-0.25, -0.2) is 0 Å². The Hall–Kier alpha value is -1.38. The minimum absolute atomic E-state index is 0.195. The molecule has 0 aliphatic heterocycles. The first-order valence-corrected chi connectivity index (χ1v) is 10.8. The lowest BCUT2D eigenvalue weighted by Gasteiger charge is -2.40. The van der Waals surface area contributed by atoms with Crippen molar-refractivity contribution in [3.63, 3.8) is 0 Å². The van der Waals surface area contributed by atoms with Gasteiger partial charge in [0.1, 0.15) is 0 Å². The van der Waals surface area contributed by atoms with Gasteiger partial charge in [0.15, 0.2) is 0 Å². The SMILES string of the molecule is C[Si](C)(C)[C@@]1(O)C=CC[C@H]1c1cccc2ccccc12. The Labute approximate surface area is 122 Å². The molecule has 0 aromatic heterocycles. The van der Waals surface area contributed by atoms with Crippen LogP contribution in [0.1, 0.15) is 17.9 Å². The minimum atomic E-state index is -1.71. The summed E-state index contributed by atoms with van der Waals surface area (Å²) in [5.41, 5.74) is 1.29. The molecular weight excluding hydrogens is 260 g/mol. The lowest BCUT2D eigenvalue weighted by atomic mass is 9.90. The maximum atomic E-state index is 11.3. The Morgan fingerprint density at radius 2 is 1.75 bits per heavy atom. The van der Waals surface area contributed by atoms with Crippen LogP contribution in [0.2, 0.25) is 19.6 Å². The van der Waals surface area contributed by atoms with Crippen molar-refractivity contribution < 1.29 is 5.11 Å². The van der Waals surface area contributed by atoms with Crippen molar-refractivity contribution in [1.29, 1.82) is 0 Å². The minimum Gasteiger partial charge on any atom is -0.389 e. The largest absolute Gasteiger partial charge is 0.389 e. The van der Waals surface area contributed by atoms with Gasteiger partial charge in [-0.15, -0.1) is 0 Å². The lowest BCUT2D eigenvalue weighted by molar-refractivity contribution is 0.144. The van der Waals surface area contributed by atoms with E-state index in [9.17, 15) is 5.11 Å². The van der Waals surface area contributed by atoms with Crippen LogP contribution in [0, 0.1) is 0 Å². The highest BCUT2D eigenvalue weighted by atomic mass is 28.3. The Morgan fingerprint density at radius 3 is 2.50 bits per heavy atom. The first-order valence-electron chi connectivity index (χ1n) is 7.31. The highest BCUT2D eigenvalue weighted by Crippen LogP contribution is 2.45. The van der Waals surface area contributed by atoms with Gasteiger partial charge in [-0.3, -0.25) is 0 Å². The van der Waals surface area contributed by atoms with Gasteiger partial charge in [-0.1, -0.05) is 74.3 Å². The first-order chi connectivity index (χ1) is 9.43. The van der Waals surface area contributed by atoms with Crippen LogP contribution in [0.4, 0.5) is 0 Å². The fourth-order valence-corrected chi connectivity index (χ4v) is 5.31. The van der Waals surface area contributed by atoms with Gasteiger partial charge in [0.25, 0.3) is 0 Å². The highest BCUT2D eigenvalue weighted by molar-refractivity contribution is 6.79. The van der Waals surface area contributed by atoms with Crippen LogP contribution >= 0.6 is 0 Å². The molecule has 0 unspecified atom stereocenters. The van der Waals surface area contributed by atoms with Gasteiger partial charge in [-0.2, -0.15) is 0 Å². The van der Waals surface area contributed by atoms with Gasteiger partial charge in [-0.05, 0) is 22.8 Å². The van der Waals surface area contributed by atoms with Crippen molar-refractivity contribution in [2.75, 3.05) is 0 Å². The summed E-state index contributed by atoms with van der Waals surface area (Å²) in [5, 5.41) is 13.2. The van der Waals surface area contributed by atoms with Crippen LogP contribution in [0.5, 0.6) is 0 Å². The number of aliphatic hydroxyl groups is 1. The number of fused-ring (bicyclic) bond motifs is 1. The van der Waals surface area contributed by atoms with E-state index in [0.717, 1.165) is 6.42 Å². The third kappa shape index (κ3) is 1.95. The van der Waals surface area contributed by atoms with Crippen LogP contribution in [-0.4, -0.2) is 18.4 Å². The first kappa shape index (κ1) is 13.6. The number of hydrogen-bond donors (Lipinski definition) is 1. The second-order valence-electron chi connectivity index (χ2n) is 6.83. The second-order valence-corrected chi connectivity index (χ2v) is 12.1. The average molecular weight is 282 g/mol. The smallest absolute Gasteiger partial charge is 0.0878 e. The van der Waals surface area contributed by atoms with E-state index in [1.165, 1.54) is 16.3 Å². The lowest BCUT2D eigenvalue weighted by Crippen LogP contribution is -2.53. The number of rotatable bonds is 2. The molecular formula is C18H22OSi. The molecule has 1 N–H and O–H groups in total. The molecule has 0 spiro atoms. The molecule has 0 amide bonds. The molecule has 1 aliphatic rings. The van der Waals surface area contributed by atoms with E-state index >= 15 is 0 Å². The molecule has 0 saturated heterocycles. The fourth-order valence-electron chi connectivity index (χ4n) is 3.37. The average Bonchev–Trinajstić information content (AvgIpc) is 2.81. The van der Waals surface area contributed by atoms with Gasteiger partial charge in [0.2, 0.25) is 0 Å². The number of allylic oxidation sites excluding steroid dienone is 1. The Balaban J connectivity index is 2.17. The molecule has 2 atom stereocenters. The summed E-state index contributed by atoms with van der Waals surface area (Å²) in [6.07, 6.45) is 5.16. The maximum Gasteiger partial charge on any atom is 0.0878 e. The van der Waals surface area contributed by atoms with Crippen LogP contribution in [-0.2, 0) is 0 Å². The summed E-state index contributed by atoms with van der Waals surface area (Å²) in [6.45, 7) is 6.75. The molecule has 3 rings (SSSR count). The second kappa shape index (κ2) is 4.57. The molecule has 0 bridgehead atoms. The van der Waals surface area contributed by atoms with Gasteiger partial charge in [0, 0.05) is 5.92 Å². The summed E-state index contributed by atoms with van der Waals surface area (Å²) < 4.78 is 0. The Morgan fingerprint density at radius 1 is 1.05 bits per heavy atom. The standard InChI is InChI=1S/C18H22OSi/c1-20(2,3)18(19)13-7-12-17(18)16-11-6-9-14-8-4-5-10-15(14)16/h4-11,13,17,19H,12H2,1-3H3/t17-,18-/m0/s1. The summed E-state index contributed by atoms with van der Waals surface area (Å²) in [5.74, 6) is 0.195. The number of benzene rings is 2. The fraction of sp³-hybridized carbons (Fsp3) is 0.333. The monoisotopic (exact) mass is 282 g/mol. The van der Waals surface area contributed by atoms with E-state index in [2.05, 4.69) is 74.3 Å².